The second kappa shape index (κ2) is 16.0. The quantitative estimate of drug-likeness (QED) is 0.119. The fraction of sp³-hybridized carbons (Fsp3) is 0.207. The summed E-state index contributed by atoms with van der Waals surface area (Å²) in [7, 11) is 2.02. The van der Waals surface area contributed by atoms with Crippen LogP contribution < -0.4 is 15.5 Å². The number of hydrogen-bond acceptors (Lipinski definition) is 3. The number of rotatable bonds is 8. The van der Waals surface area contributed by atoms with E-state index in [0.29, 0.717) is 0 Å². The van der Waals surface area contributed by atoms with Crippen molar-refractivity contribution in [1.82, 2.24) is 10.6 Å². The number of fused-ring (bicyclic) bond motifs is 12. The molecule has 1 aliphatic heterocycles. The van der Waals surface area contributed by atoms with Crippen molar-refractivity contribution in [3.63, 3.8) is 0 Å². The lowest BCUT2D eigenvalue weighted by atomic mass is 9.76. The summed E-state index contributed by atoms with van der Waals surface area (Å²) in [5.41, 5.74) is 14.7. The molecule has 3 heteroatoms. The van der Waals surface area contributed by atoms with E-state index in [1.165, 1.54) is 107 Å². The Hall–Kier alpha value is -6.26. The average Bonchev–Trinajstić information content (AvgIpc) is 3.76. The third kappa shape index (κ3) is 6.50. The zero-order chi connectivity index (χ0) is 41.7. The highest BCUT2D eigenvalue weighted by Crippen LogP contribution is 2.61. The zero-order valence-electron chi connectivity index (χ0n) is 36.0. The monoisotopic (exact) mass is 793 g/mol. The molecule has 1 heterocycles. The zero-order valence-corrected chi connectivity index (χ0v) is 36.0. The third-order valence-corrected chi connectivity index (χ3v) is 13.6. The first-order chi connectivity index (χ1) is 29.9. The van der Waals surface area contributed by atoms with E-state index in [9.17, 15) is 0 Å². The molecule has 3 nitrogen and oxygen atoms in total. The van der Waals surface area contributed by atoms with E-state index in [1.54, 1.807) is 0 Å². The van der Waals surface area contributed by atoms with Gasteiger partial charge in [0.25, 0.3) is 0 Å². The Morgan fingerprint density at radius 2 is 1.13 bits per heavy atom. The van der Waals surface area contributed by atoms with Gasteiger partial charge in [0.2, 0.25) is 0 Å². The second-order valence-corrected chi connectivity index (χ2v) is 17.5. The van der Waals surface area contributed by atoms with Crippen LogP contribution in [0.25, 0.3) is 37.9 Å². The number of unbranched alkanes of at least 4 members (excludes halogenated alkanes) is 1. The predicted octanol–water partition coefficient (Wildman–Crippen LogP) is 14.8. The molecule has 0 spiro atoms. The van der Waals surface area contributed by atoms with Gasteiger partial charge in [-0.2, -0.15) is 0 Å². The Kier molecular flexibility index (Phi) is 10.2. The molecule has 0 saturated carbocycles. The Bertz CT molecular complexity index is 2920. The summed E-state index contributed by atoms with van der Waals surface area (Å²) in [6.45, 7) is 9.18. The summed E-state index contributed by atoms with van der Waals surface area (Å²) in [4.78, 5) is 2.58. The van der Waals surface area contributed by atoms with Crippen LogP contribution in [0.2, 0.25) is 0 Å². The summed E-state index contributed by atoms with van der Waals surface area (Å²) in [6, 6.07) is 62.7. The standard InChI is InChI=1S/C54H45N3.C4H10/c1-54(2)46-25-15-14-23-41(46)44-32-45-49(33-47(44)54)57(48-31-30-43-40-22-11-10-20-38(40)39-21-12-13-24-42(39)50(43)51(45)48)37-28-26-35(27-29-37)52(34-16-6-4-7-17-34)56-53(55-3)36-18-8-5-9-19-36;1-3-4-2/h4-31,33,45,52-53,55-56H,32H2,1-3H3;3-4H2,1-2H3. The predicted molar refractivity (Wildman–Crippen MR) is 260 cm³/mol. The van der Waals surface area contributed by atoms with Crippen LogP contribution in [-0.4, -0.2) is 7.05 Å². The number of benzene rings is 8. The van der Waals surface area contributed by atoms with Crippen molar-refractivity contribution in [1.29, 1.82) is 0 Å². The minimum absolute atomic E-state index is 0.0143. The maximum atomic E-state index is 3.95. The van der Waals surface area contributed by atoms with Gasteiger partial charge in [-0.1, -0.05) is 192 Å². The lowest BCUT2D eigenvalue weighted by Crippen LogP contribution is -2.35. The van der Waals surface area contributed by atoms with Crippen LogP contribution in [0.1, 0.15) is 98.5 Å². The highest BCUT2D eigenvalue weighted by molar-refractivity contribution is 6.27. The van der Waals surface area contributed by atoms with Crippen molar-refractivity contribution in [3.05, 3.63) is 221 Å². The highest BCUT2D eigenvalue weighted by atomic mass is 15.2. The van der Waals surface area contributed by atoms with Gasteiger partial charge in [0, 0.05) is 22.7 Å². The topological polar surface area (TPSA) is 27.3 Å². The molecule has 302 valence electrons. The molecule has 0 saturated heterocycles. The van der Waals surface area contributed by atoms with Gasteiger partial charge in [-0.05, 0) is 115 Å². The van der Waals surface area contributed by atoms with Crippen LogP contribution in [0.5, 0.6) is 0 Å². The molecule has 0 radical (unpaired) electrons. The van der Waals surface area contributed by atoms with Crippen molar-refractivity contribution < 1.29 is 0 Å². The maximum Gasteiger partial charge on any atom is 0.0840 e. The van der Waals surface area contributed by atoms with Gasteiger partial charge in [-0.15, -0.1) is 0 Å². The Morgan fingerprint density at radius 1 is 0.590 bits per heavy atom. The minimum Gasteiger partial charge on any atom is -0.313 e. The number of hydrogen-bond donors (Lipinski definition) is 2. The second-order valence-electron chi connectivity index (χ2n) is 17.5. The van der Waals surface area contributed by atoms with Crippen LogP contribution in [0.15, 0.2) is 187 Å². The van der Waals surface area contributed by atoms with Gasteiger partial charge in [-0.3, -0.25) is 5.32 Å². The van der Waals surface area contributed by atoms with E-state index >= 15 is 0 Å². The van der Waals surface area contributed by atoms with E-state index in [0.717, 1.165) is 6.42 Å². The third-order valence-electron chi connectivity index (χ3n) is 13.6. The number of nitrogens with one attached hydrogen (secondary N) is 2. The van der Waals surface area contributed by atoms with Gasteiger partial charge in [0.05, 0.1) is 17.9 Å². The van der Waals surface area contributed by atoms with Gasteiger partial charge in [-0.25, -0.2) is 0 Å². The molecule has 3 unspecified atom stereocenters. The molecule has 8 aromatic carbocycles. The summed E-state index contributed by atoms with van der Waals surface area (Å²) in [6.07, 6.45) is 6.17. The molecule has 2 N–H and O–H groups in total. The molecular formula is C58H55N3. The van der Waals surface area contributed by atoms with Gasteiger partial charge in [0.1, 0.15) is 0 Å². The summed E-state index contributed by atoms with van der Waals surface area (Å²) in [5, 5.41) is 15.5. The molecule has 3 atom stereocenters. The Balaban J connectivity index is 0.00000107. The largest absolute Gasteiger partial charge is 0.313 e. The molecular weight excluding hydrogens is 739 g/mol. The maximum absolute atomic E-state index is 3.95. The highest BCUT2D eigenvalue weighted by Gasteiger charge is 2.45. The Labute approximate surface area is 361 Å². The summed E-state index contributed by atoms with van der Waals surface area (Å²) < 4.78 is 0. The number of allylic oxidation sites excluding steroid dienone is 4. The number of nitrogens with zero attached hydrogens (tertiary/aromatic N) is 1. The summed E-state index contributed by atoms with van der Waals surface area (Å²) in [5.74, 6) is 0.217. The molecule has 8 aromatic rings. The van der Waals surface area contributed by atoms with Crippen LogP contribution in [-0.2, 0) is 5.41 Å². The number of anilines is 2. The minimum atomic E-state index is -0.0731. The normalized spacial score (nSPS) is 17.0. The molecule has 11 rings (SSSR count). The lowest BCUT2D eigenvalue weighted by Gasteiger charge is -2.31. The first kappa shape index (κ1) is 38.9. The molecule has 61 heavy (non-hydrogen) atoms. The summed E-state index contributed by atoms with van der Waals surface area (Å²) >= 11 is 0. The first-order valence-corrected chi connectivity index (χ1v) is 22.3. The van der Waals surface area contributed by atoms with Crippen LogP contribution >= 0.6 is 0 Å². The fourth-order valence-corrected chi connectivity index (χ4v) is 10.5. The fourth-order valence-electron chi connectivity index (χ4n) is 10.5. The molecule has 0 fully saturated rings. The van der Waals surface area contributed by atoms with E-state index < -0.39 is 0 Å². The molecule has 2 aliphatic carbocycles. The van der Waals surface area contributed by atoms with Gasteiger partial charge in [0.15, 0.2) is 0 Å². The SMILES string of the molecule is CCCC.CNC(NC(c1ccccc1)c1ccc(N2C3=CC4=C(CC3c3c2ccc2c5ccccc5c5ccccc5c32)c2ccccc2C4(C)C)cc1)c1ccccc1. The van der Waals surface area contributed by atoms with Crippen molar-refractivity contribution in [3.8, 4) is 0 Å². The van der Waals surface area contributed by atoms with E-state index in [2.05, 4.69) is 219 Å². The van der Waals surface area contributed by atoms with Crippen molar-refractivity contribution in [2.75, 3.05) is 11.9 Å². The first-order valence-electron chi connectivity index (χ1n) is 22.3. The van der Waals surface area contributed by atoms with Crippen molar-refractivity contribution in [2.24, 2.45) is 0 Å². The molecule has 0 amide bonds. The van der Waals surface area contributed by atoms with Crippen molar-refractivity contribution in [2.45, 2.75) is 70.5 Å². The average molecular weight is 794 g/mol. The van der Waals surface area contributed by atoms with E-state index in [-0.39, 0.29) is 23.5 Å². The van der Waals surface area contributed by atoms with E-state index in [4.69, 9.17) is 0 Å². The van der Waals surface area contributed by atoms with E-state index in [1.807, 2.05) is 7.05 Å². The van der Waals surface area contributed by atoms with Crippen LogP contribution in [0, 0.1) is 0 Å². The van der Waals surface area contributed by atoms with Crippen LogP contribution in [0.3, 0.4) is 0 Å². The smallest absolute Gasteiger partial charge is 0.0840 e. The molecule has 0 bridgehead atoms. The lowest BCUT2D eigenvalue weighted by molar-refractivity contribution is 0.436. The van der Waals surface area contributed by atoms with Gasteiger partial charge < -0.3 is 10.2 Å². The van der Waals surface area contributed by atoms with Gasteiger partial charge >= 0.3 is 0 Å². The molecule has 3 aliphatic rings. The Morgan fingerprint density at radius 3 is 1.77 bits per heavy atom. The molecule has 0 aromatic heterocycles. The van der Waals surface area contributed by atoms with Crippen LogP contribution in [0.4, 0.5) is 11.4 Å². The van der Waals surface area contributed by atoms with Crippen molar-refractivity contribution >= 4 is 49.3 Å².